The van der Waals surface area contributed by atoms with Crippen molar-refractivity contribution in [3.8, 4) is 5.75 Å². The summed E-state index contributed by atoms with van der Waals surface area (Å²) in [5.74, 6) is 0.402. The lowest BCUT2D eigenvalue weighted by Crippen LogP contribution is -2.34. The lowest BCUT2D eigenvalue weighted by atomic mass is 9.78. The lowest BCUT2D eigenvalue weighted by molar-refractivity contribution is -0.705. The van der Waals surface area contributed by atoms with Crippen LogP contribution in [0.1, 0.15) is 65.2 Å². The molecule has 2 aromatic carbocycles. The van der Waals surface area contributed by atoms with E-state index in [-0.39, 0.29) is 22.5 Å². The number of hydrogen-bond acceptors (Lipinski definition) is 4. The van der Waals surface area contributed by atoms with Gasteiger partial charge in [0.25, 0.3) is 5.91 Å². The molecule has 0 aliphatic carbocycles. The number of phenols is 1. The van der Waals surface area contributed by atoms with Crippen molar-refractivity contribution < 1.29 is 14.5 Å². The fraction of sp³-hybridized carbons (Fsp3) is 0.423. The topological polar surface area (TPSA) is 81.4 Å². The molecule has 1 amide bonds. The summed E-state index contributed by atoms with van der Waals surface area (Å²) in [6.07, 6.45) is 1.64. The molecule has 6 nitrogen and oxygen atoms in total. The summed E-state index contributed by atoms with van der Waals surface area (Å²) in [5, 5.41) is 16.0. The maximum atomic E-state index is 12.4. The Balaban J connectivity index is 1.72. The number of aromatic nitrogens is 2. The van der Waals surface area contributed by atoms with E-state index in [2.05, 4.69) is 74.6 Å². The number of hydrazone groups is 1. The average Bonchev–Trinajstić information content (AvgIpc) is 3.09. The molecule has 0 aliphatic rings. The van der Waals surface area contributed by atoms with Gasteiger partial charge in [-0.15, -0.1) is 0 Å². The van der Waals surface area contributed by atoms with Gasteiger partial charge in [0.2, 0.25) is 0 Å². The zero-order valence-corrected chi connectivity index (χ0v) is 21.4. The highest BCUT2D eigenvalue weighted by Crippen LogP contribution is 2.39. The summed E-state index contributed by atoms with van der Waals surface area (Å²) >= 11 is 1.45. The predicted molar refractivity (Wildman–Crippen MR) is 136 cm³/mol. The Labute approximate surface area is 200 Å². The minimum absolute atomic E-state index is 0.177. The summed E-state index contributed by atoms with van der Waals surface area (Å²) in [4.78, 5) is 15.8. The van der Waals surface area contributed by atoms with Gasteiger partial charge in [0.05, 0.1) is 18.5 Å². The van der Waals surface area contributed by atoms with Crippen LogP contribution >= 0.6 is 11.8 Å². The second-order valence-corrected chi connectivity index (χ2v) is 11.2. The van der Waals surface area contributed by atoms with Gasteiger partial charge in [-0.3, -0.25) is 4.79 Å². The van der Waals surface area contributed by atoms with Crippen LogP contribution in [0.4, 0.5) is 0 Å². The van der Waals surface area contributed by atoms with Crippen molar-refractivity contribution in [2.45, 2.75) is 71.0 Å². The predicted octanol–water partition coefficient (Wildman–Crippen LogP) is 5.02. The molecule has 7 heteroatoms. The molecule has 0 bridgehead atoms. The lowest BCUT2D eigenvalue weighted by Gasteiger charge is -2.27. The molecule has 176 valence electrons. The number of amides is 1. The zero-order chi connectivity index (χ0) is 24.4. The van der Waals surface area contributed by atoms with Crippen molar-refractivity contribution in [2.75, 3.05) is 5.75 Å². The van der Waals surface area contributed by atoms with E-state index in [1.165, 1.54) is 11.8 Å². The summed E-state index contributed by atoms with van der Waals surface area (Å²) in [6.45, 7) is 15.3. The van der Waals surface area contributed by atoms with Crippen molar-refractivity contribution in [2.24, 2.45) is 5.10 Å². The first-order valence-electron chi connectivity index (χ1n) is 11.2. The van der Waals surface area contributed by atoms with Crippen molar-refractivity contribution in [3.05, 3.63) is 53.1 Å². The van der Waals surface area contributed by atoms with Crippen LogP contribution in [0.25, 0.3) is 11.0 Å². The Kier molecular flexibility index (Phi) is 7.22. The molecule has 0 aliphatic heterocycles. The third-order valence-corrected chi connectivity index (χ3v) is 6.49. The van der Waals surface area contributed by atoms with E-state index in [1.807, 2.05) is 30.3 Å². The van der Waals surface area contributed by atoms with Gasteiger partial charge >= 0.3 is 5.16 Å². The Hall–Kier alpha value is -2.80. The number of hydrogen-bond donors (Lipinski definition) is 3. The third kappa shape index (κ3) is 5.77. The number of benzene rings is 2. The van der Waals surface area contributed by atoms with Gasteiger partial charge in [0.15, 0.2) is 11.0 Å². The van der Waals surface area contributed by atoms with Gasteiger partial charge in [0.1, 0.15) is 5.75 Å². The number of aryl methyl sites for hydroxylation is 1. The number of nitrogens with zero attached hydrogens (tertiary/aromatic N) is 2. The van der Waals surface area contributed by atoms with E-state index in [0.717, 1.165) is 39.4 Å². The Morgan fingerprint density at radius 1 is 1.12 bits per heavy atom. The van der Waals surface area contributed by atoms with Gasteiger partial charge in [-0.25, -0.2) is 15.0 Å². The molecule has 0 saturated carbocycles. The SMILES string of the molecule is CC[n+]1c(SCC(=O)N/N=C/c2cc(C(C)(C)C)c(O)c(C(C)(C)C)c2)[nH]c2ccccc21. The molecule has 0 saturated heterocycles. The Morgan fingerprint density at radius 2 is 1.73 bits per heavy atom. The van der Waals surface area contributed by atoms with Crippen molar-refractivity contribution in [3.63, 3.8) is 0 Å². The second-order valence-electron chi connectivity index (χ2n) is 10.2. The number of carbonyl (C=O) groups excluding carboxylic acids is 1. The van der Waals surface area contributed by atoms with Crippen molar-refractivity contribution in [1.82, 2.24) is 10.4 Å². The molecule has 1 heterocycles. The van der Waals surface area contributed by atoms with Crippen LogP contribution in [0, 0.1) is 0 Å². The first kappa shape index (κ1) is 24.8. The molecule has 0 atom stereocenters. The highest BCUT2D eigenvalue weighted by Gasteiger charge is 2.26. The number of aromatic amines is 1. The van der Waals surface area contributed by atoms with Crippen LogP contribution < -0.4 is 9.99 Å². The number of thioether (sulfide) groups is 1. The number of carbonyl (C=O) groups is 1. The quantitative estimate of drug-likeness (QED) is 0.206. The molecule has 3 aromatic rings. The number of rotatable bonds is 6. The molecule has 0 unspecified atom stereocenters. The molecule has 33 heavy (non-hydrogen) atoms. The van der Waals surface area contributed by atoms with Gasteiger partial charge in [-0.05, 0) is 59.3 Å². The molecule has 0 spiro atoms. The number of nitrogens with one attached hydrogen (secondary N) is 2. The molecule has 1 aromatic heterocycles. The standard InChI is InChI=1S/C26H34N4O2S/c1-8-30-21-12-10-9-11-20(21)28-24(30)33-16-22(31)29-27-15-17-13-18(25(2,3)4)23(32)19(14-17)26(5,6)7/h9-15H,8,16H2,1-7H3,(H2,27,29,31,32)/p+1. The van der Waals surface area contributed by atoms with E-state index in [4.69, 9.17) is 0 Å². The summed E-state index contributed by atoms with van der Waals surface area (Å²) < 4.78 is 2.16. The highest BCUT2D eigenvalue weighted by atomic mass is 32.2. The number of aromatic hydroxyl groups is 1. The fourth-order valence-electron chi connectivity index (χ4n) is 3.75. The number of para-hydroxylation sites is 2. The monoisotopic (exact) mass is 467 g/mol. The van der Waals surface area contributed by atoms with Gasteiger partial charge in [-0.1, -0.05) is 53.7 Å². The van der Waals surface area contributed by atoms with Crippen LogP contribution in [-0.2, 0) is 22.2 Å². The Bertz CT molecular complexity index is 1150. The van der Waals surface area contributed by atoms with Crippen LogP contribution in [0.15, 0.2) is 46.7 Å². The smallest absolute Gasteiger partial charge is 0.317 e. The van der Waals surface area contributed by atoms with E-state index in [1.54, 1.807) is 6.21 Å². The minimum atomic E-state index is -0.220. The fourth-order valence-corrected chi connectivity index (χ4v) is 4.65. The maximum Gasteiger partial charge on any atom is 0.317 e. The van der Waals surface area contributed by atoms with Crippen molar-refractivity contribution >= 4 is 34.9 Å². The number of imidazole rings is 1. The molecular weight excluding hydrogens is 432 g/mol. The maximum absolute atomic E-state index is 12.4. The van der Waals surface area contributed by atoms with Crippen LogP contribution in [0.2, 0.25) is 0 Å². The number of fused-ring (bicyclic) bond motifs is 1. The van der Waals surface area contributed by atoms with Gasteiger partial charge in [0, 0.05) is 11.1 Å². The summed E-state index contributed by atoms with van der Waals surface area (Å²) in [5.41, 5.74) is 6.93. The second kappa shape index (κ2) is 9.59. The number of phenolic OH excluding ortho intramolecular Hbond substituents is 1. The van der Waals surface area contributed by atoms with Crippen LogP contribution in [0.5, 0.6) is 5.75 Å². The van der Waals surface area contributed by atoms with E-state index >= 15 is 0 Å². The van der Waals surface area contributed by atoms with Gasteiger partial charge in [-0.2, -0.15) is 5.10 Å². The molecule has 3 N–H and O–H groups in total. The first-order chi connectivity index (χ1) is 15.4. The van der Waals surface area contributed by atoms with Crippen molar-refractivity contribution in [1.29, 1.82) is 0 Å². The highest BCUT2D eigenvalue weighted by molar-refractivity contribution is 7.99. The normalized spacial score (nSPS) is 12.6. The average molecular weight is 468 g/mol. The van der Waals surface area contributed by atoms with E-state index in [0.29, 0.717) is 5.75 Å². The number of H-pyrrole nitrogens is 1. The third-order valence-electron chi connectivity index (χ3n) is 5.49. The van der Waals surface area contributed by atoms with Crippen LogP contribution in [0.3, 0.4) is 0 Å². The summed E-state index contributed by atoms with van der Waals surface area (Å²) in [6, 6.07) is 12.0. The zero-order valence-electron chi connectivity index (χ0n) is 20.6. The largest absolute Gasteiger partial charge is 0.507 e. The molecule has 0 fully saturated rings. The van der Waals surface area contributed by atoms with E-state index in [9.17, 15) is 9.90 Å². The Morgan fingerprint density at radius 3 is 2.30 bits per heavy atom. The molecular formula is C26H35N4O2S+. The summed E-state index contributed by atoms with van der Waals surface area (Å²) in [7, 11) is 0. The van der Waals surface area contributed by atoms with Crippen LogP contribution in [-0.4, -0.2) is 28.0 Å². The van der Waals surface area contributed by atoms with Gasteiger partial charge < -0.3 is 5.11 Å². The minimum Gasteiger partial charge on any atom is -0.507 e. The van der Waals surface area contributed by atoms with E-state index < -0.39 is 0 Å². The first-order valence-corrected chi connectivity index (χ1v) is 12.2. The molecule has 3 rings (SSSR count). The molecule has 0 radical (unpaired) electrons.